The summed E-state index contributed by atoms with van der Waals surface area (Å²) in [6.45, 7) is 2.05. The third-order valence-corrected chi connectivity index (χ3v) is 2.61. The summed E-state index contributed by atoms with van der Waals surface area (Å²) < 4.78 is 0. The van der Waals surface area contributed by atoms with Gasteiger partial charge in [-0.25, -0.2) is 4.98 Å². The fourth-order valence-electron chi connectivity index (χ4n) is 1.40. The standard InChI is InChI=1S/C13H13N3S/c1-9-2-5-11(6-3-9)16-12-7-4-10(8-15-12)13(14)17/h2-8H,1H3,(H2,14,17)(H,15,16). The van der Waals surface area contributed by atoms with Crippen molar-refractivity contribution >= 4 is 28.7 Å². The molecule has 3 nitrogen and oxygen atoms in total. The highest BCUT2D eigenvalue weighted by Gasteiger charge is 1.98. The van der Waals surface area contributed by atoms with Crippen LogP contribution in [0.1, 0.15) is 11.1 Å². The maximum atomic E-state index is 5.50. The van der Waals surface area contributed by atoms with Gasteiger partial charge in [0.2, 0.25) is 0 Å². The van der Waals surface area contributed by atoms with Crippen molar-refractivity contribution in [3.8, 4) is 0 Å². The third-order valence-electron chi connectivity index (χ3n) is 2.37. The Labute approximate surface area is 106 Å². The van der Waals surface area contributed by atoms with Gasteiger partial charge >= 0.3 is 0 Å². The molecule has 0 fully saturated rings. The molecule has 0 saturated heterocycles. The Hall–Kier alpha value is -1.94. The second kappa shape index (κ2) is 4.93. The summed E-state index contributed by atoms with van der Waals surface area (Å²) in [5.74, 6) is 0.772. The number of nitrogens with two attached hydrogens (primary N) is 1. The molecule has 0 radical (unpaired) electrons. The van der Waals surface area contributed by atoms with Crippen LogP contribution in [0.15, 0.2) is 42.6 Å². The van der Waals surface area contributed by atoms with E-state index in [1.165, 1.54) is 5.56 Å². The minimum atomic E-state index is 0.361. The molecular formula is C13H13N3S. The molecule has 0 saturated carbocycles. The number of benzene rings is 1. The molecular weight excluding hydrogens is 230 g/mol. The Balaban J connectivity index is 2.13. The van der Waals surface area contributed by atoms with Gasteiger partial charge in [-0.05, 0) is 31.2 Å². The van der Waals surface area contributed by atoms with Gasteiger partial charge in [-0.1, -0.05) is 29.9 Å². The van der Waals surface area contributed by atoms with Crippen LogP contribution in [0.25, 0.3) is 0 Å². The molecule has 1 aromatic carbocycles. The van der Waals surface area contributed by atoms with E-state index in [1.54, 1.807) is 6.20 Å². The van der Waals surface area contributed by atoms with E-state index in [9.17, 15) is 0 Å². The third kappa shape index (κ3) is 3.01. The van der Waals surface area contributed by atoms with Crippen molar-refractivity contribution < 1.29 is 0 Å². The average Bonchev–Trinajstić information content (AvgIpc) is 2.33. The fraction of sp³-hybridized carbons (Fsp3) is 0.0769. The Kier molecular flexibility index (Phi) is 3.35. The zero-order chi connectivity index (χ0) is 12.3. The lowest BCUT2D eigenvalue weighted by Crippen LogP contribution is -2.09. The fourth-order valence-corrected chi connectivity index (χ4v) is 1.52. The molecule has 0 spiro atoms. The summed E-state index contributed by atoms with van der Waals surface area (Å²) in [6.07, 6.45) is 1.67. The van der Waals surface area contributed by atoms with Crippen LogP contribution in [0.5, 0.6) is 0 Å². The number of aryl methyl sites for hydroxylation is 1. The normalized spacial score (nSPS) is 9.94. The SMILES string of the molecule is Cc1ccc(Nc2ccc(C(N)=S)cn2)cc1. The van der Waals surface area contributed by atoms with Crippen molar-refractivity contribution in [3.63, 3.8) is 0 Å². The van der Waals surface area contributed by atoms with Crippen molar-refractivity contribution in [2.75, 3.05) is 5.32 Å². The van der Waals surface area contributed by atoms with E-state index in [-0.39, 0.29) is 0 Å². The van der Waals surface area contributed by atoms with Crippen LogP contribution in [0.3, 0.4) is 0 Å². The molecule has 0 amide bonds. The van der Waals surface area contributed by atoms with Gasteiger partial charge < -0.3 is 11.1 Å². The number of anilines is 2. The first kappa shape index (κ1) is 11.5. The van der Waals surface area contributed by atoms with Crippen LogP contribution in [0.4, 0.5) is 11.5 Å². The van der Waals surface area contributed by atoms with Crippen molar-refractivity contribution in [3.05, 3.63) is 53.7 Å². The molecule has 17 heavy (non-hydrogen) atoms. The van der Waals surface area contributed by atoms with Gasteiger partial charge in [-0.2, -0.15) is 0 Å². The molecule has 2 rings (SSSR count). The summed E-state index contributed by atoms with van der Waals surface area (Å²) in [5.41, 5.74) is 8.51. The predicted octanol–water partition coefficient (Wildman–Crippen LogP) is 2.77. The van der Waals surface area contributed by atoms with Gasteiger partial charge in [-0.15, -0.1) is 0 Å². The topological polar surface area (TPSA) is 50.9 Å². The first-order chi connectivity index (χ1) is 8.15. The highest BCUT2D eigenvalue weighted by atomic mass is 32.1. The molecule has 1 aromatic heterocycles. The Morgan fingerprint density at radius 2 is 1.88 bits per heavy atom. The van der Waals surface area contributed by atoms with Crippen molar-refractivity contribution in [1.82, 2.24) is 4.98 Å². The van der Waals surface area contributed by atoms with Gasteiger partial charge in [-0.3, -0.25) is 0 Å². The lowest BCUT2D eigenvalue weighted by atomic mass is 10.2. The first-order valence-corrected chi connectivity index (χ1v) is 5.65. The average molecular weight is 243 g/mol. The number of rotatable bonds is 3. The molecule has 4 heteroatoms. The quantitative estimate of drug-likeness (QED) is 0.814. The highest BCUT2D eigenvalue weighted by Crippen LogP contribution is 2.15. The van der Waals surface area contributed by atoms with Gasteiger partial charge in [0, 0.05) is 17.4 Å². The minimum Gasteiger partial charge on any atom is -0.389 e. The van der Waals surface area contributed by atoms with E-state index in [4.69, 9.17) is 18.0 Å². The molecule has 0 unspecified atom stereocenters. The van der Waals surface area contributed by atoms with Crippen LogP contribution >= 0.6 is 12.2 Å². The second-order valence-electron chi connectivity index (χ2n) is 3.79. The number of pyridine rings is 1. The van der Waals surface area contributed by atoms with Crippen LogP contribution in [-0.4, -0.2) is 9.97 Å². The largest absolute Gasteiger partial charge is 0.389 e. The van der Waals surface area contributed by atoms with Crippen LogP contribution in [0, 0.1) is 6.92 Å². The molecule has 86 valence electrons. The van der Waals surface area contributed by atoms with E-state index in [2.05, 4.69) is 17.2 Å². The molecule has 0 aliphatic heterocycles. The smallest absolute Gasteiger partial charge is 0.130 e. The predicted molar refractivity (Wildman–Crippen MR) is 74.6 cm³/mol. The van der Waals surface area contributed by atoms with Crippen LogP contribution in [0.2, 0.25) is 0 Å². The summed E-state index contributed by atoms with van der Waals surface area (Å²) in [6, 6.07) is 11.8. The molecule has 0 atom stereocenters. The van der Waals surface area contributed by atoms with E-state index in [1.807, 2.05) is 36.4 Å². The van der Waals surface area contributed by atoms with E-state index < -0.39 is 0 Å². The highest BCUT2D eigenvalue weighted by molar-refractivity contribution is 7.80. The number of thiocarbonyl (C=S) groups is 1. The molecule has 2 aromatic rings. The first-order valence-electron chi connectivity index (χ1n) is 5.25. The maximum absolute atomic E-state index is 5.50. The van der Waals surface area contributed by atoms with Crippen molar-refractivity contribution in [2.24, 2.45) is 5.73 Å². The van der Waals surface area contributed by atoms with E-state index in [0.717, 1.165) is 17.1 Å². The minimum absolute atomic E-state index is 0.361. The summed E-state index contributed by atoms with van der Waals surface area (Å²) in [5, 5.41) is 3.20. The van der Waals surface area contributed by atoms with E-state index in [0.29, 0.717) is 4.99 Å². The molecule has 0 aliphatic carbocycles. The summed E-state index contributed by atoms with van der Waals surface area (Å²) in [7, 11) is 0. The van der Waals surface area contributed by atoms with Gasteiger partial charge in [0.05, 0.1) is 0 Å². The molecule has 3 N–H and O–H groups in total. The van der Waals surface area contributed by atoms with Gasteiger partial charge in [0.1, 0.15) is 10.8 Å². The summed E-state index contributed by atoms with van der Waals surface area (Å²) in [4.78, 5) is 4.60. The van der Waals surface area contributed by atoms with Crippen molar-refractivity contribution in [1.29, 1.82) is 0 Å². The zero-order valence-electron chi connectivity index (χ0n) is 9.47. The Morgan fingerprint density at radius 1 is 1.18 bits per heavy atom. The van der Waals surface area contributed by atoms with Crippen molar-refractivity contribution in [2.45, 2.75) is 6.92 Å². The molecule has 1 heterocycles. The maximum Gasteiger partial charge on any atom is 0.130 e. The number of aromatic nitrogens is 1. The molecule has 0 aliphatic rings. The Morgan fingerprint density at radius 3 is 2.41 bits per heavy atom. The van der Waals surface area contributed by atoms with E-state index >= 15 is 0 Å². The molecule has 0 bridgehead atoms. The monoisotopic (exact) mass is 243 g/mol. The zero-order valence-corrected chi connectivity index (χ0v) is 10.3. The van der Waals surface area contributed by atoms with Gasteiger partial charge in [0.15, 0.2) is 0 Å². The summed E-state index contributed by atoms with van der Waals surface area (Å²) >= 11 is 4.87. The van der Waals surface area contributed by atoms with Crippen LogP contribution < -0.4 is 11.1 Å². The lowest BCUT2D eigenvalue weighted by molar-refractivity contribution is 1.29. The number of hydrogen-bond donors (Lipinski definition) is 2. The number of nitrogens with one attached hydrogen (secondary N) is 1. The number of nitrogens with zero attached hydrogens (tertiary/aromatic N) is 1. The van der Waals surface area contributed by atoms with Gasteiger partial charge in [0.25, 0.3) is 0 Å². The Bertz CT molecular complexity index is 517. The number of hydrogen-bond acceptors (Lipinski definition) is 3. The lowest BCUT2D eigenvalue weighted by Gasteiger charge is -2.06. The second-order valence-corrected chi connectivity index (χ2v) is 4.23. The van der Waals surface area contributed by atoms with Crippen LogP contribution in [-0.2, 0) is 0 Å².